The first-order chi connectivity index (χ1) is 16.4. The Morgan fingerprint density at radius 2 is 1.59 bits per heavy atom. The Kier molecular flexibility index (Phi) is 8.77. The van der Waals surface area contributed by atoms with Crippen LogP contribution in [-0.2, 0) is 11.3 Å². The molecule has 0 saturated heterocycles. The van der Waals surface area contributed by atoms with Crippen LogP contribution in [0.4, 0.5) is 0 Å². The molecular weight excluding hydrogens is 606 g/mol. The second kappa shape index (κ2) is 11.8. The van der Waals surface area contributed by atoms with E-state index < -0.39 is 0 Å². The Morgan fingerprint density at radius 3 is 2.29 bits per heavy atom. The molecule has 0 saturated carbocycles. The molecular formula is C26H22Cl3IN2O2. The number of nitrogens with zero attached hydrogens (tertiary/aromatic N) is 2. The maximum Gasteiger partial charge on any atom is 0.182 e. The summed E-state index contributed by atoms with van der Waals surface area (Å²) in [7, 11) is 0. The van der Waals surface area contributed by atoms with Gasteiger partial charge in [-0.25, -0.2) is 0 Å². The zero-order valence-corrected chi connectivity index (χ0v) is 22.6. The molecule has 1 atom stereocenters. The Labute approximate surface area is 228 Å². The van der Waals surface area contributed by atoms with Crippen molar-refractivity contribution in [1.82, 2.24) is 9.80 Å². The van der Waals surface area contributed by atoms with Gasteiger partial charge < -0.3 is 14.5 Å². The second-order valence-electron chi connectivity index (χ2n) is 7.97. The van der Waals surface area contributed by atoms with E-state index in [0.717, 1.165) is 20.3 Å². The molecule has 3 aromatic carbocycles. The van der Waals surface area contributed by atoms with Crippen molar-refractivity contribution >= 4 is 63.2 Å². The van der Waals surface area contributed by atoms with Gasteiger partial charge in [-0.2, -0.15) is 0 Å². The van der Waals surface area contributed by atoms with E-state index in [-0.39, 0.29) is 11.9 Å². The average molecular weight is 628 g/mol. The maximum absolute atomic E-state index is 12.7. The van der Waals surface area contributed by atoms with E-state index in [9.17, 15) is 4.79 Å². The van der Waals surface area contributed by atoms with Crippen molar-refractivity contribution in [3.05, 3.63) is 114 Å². The molecule has 1 unspecified atom stereocenters. The molecule has 0 amide bonds. The summed E-state index contributed by atoms with van der Waals surface area (Å²) in [5, 5.41) is 1.83. The van der Waals surface area contributed by atoms with Gasteiger partial charge in [0.1, 0.15) is 6.10 Å². The van der Waals surface area contributed by atoms with E-state index >= 15 is 0 Å². The van der Waals surface area contributed by atoms with Crippen molar-refractivity contribution in [2.75, 3.05) is 19.8 Å². The van der Waals surface area contributed by atoms with Gasteiger partial charge in [0.2, 0.25) is 0 Å². The Balaban J connectivity index is 1.40. The lowest BCUT2D eigenvalue weighted by molar-refractivity contribution is 0.0197. The molecule has 4 rings (SSSR count). The molecule has 176 valence electrons. The summed E-state index contributed by atoms with van der Waals surface area (Å²) >= 11 is 20.7. The summed E-state index contributed by atoms with van der Waals surface area (Å²) in [5.41, 5.74) is 2.59. The zero-order chi connectivity index (χ0) is 24.1. The van der Waals surface area contributed by atoms with Crippen LogP contribution in [0, 0.1) is 3.57 Å². The summed E-state index contributed by atoms with van der Waals surface area (Å²) in [6.07, 6.45) is 3.71. The summed E-state index contributed by atoms with van der Waals surface area (Å²) in [4.78, 5) is 16.8. The van der Waals surface area contributed by atoms with Gasteiger partial charge in [-0.15, -0.1) is 0 Å². The second-order valence-corrected chi connectivity index (χ2v) is 10.5. The van der Waals surface area contributed by atoms with E-state index in [0.29, 0.717) is 41.4 Å². The van der Waals surface area contributed by atoms with E-state index in [2.05, 4.69) is 27.5 Å². The lowest BCUT2D eigenvalue weighted by Gasteiger charge is -2.26. The molecule has 0 aliphatic carbocycles. The number of hydrogen-bond donors (Lipinski definition) is 0. The van der Waals surface area contributed by atoms with Crippen LogP contribution in [-0.4, -0.2) is 35.3 Å². The number of benzene rings is 3. The normalized spacial score (nSPS) is 14.0. The molecule has 0 N–H and O–H groups in total. The Morgan fingerprint density at radius 1 is 0.912 bits per heavy atom. The molecule has 3 aromatic rings. The first-order valence-corrected chi connectivity index (χ1v) is 12.8. The van der Waals surface area contributed by atoms with Gasteiger partial charge in [-0.1, -0.05) is 65.1 Å². The monoisotopic (exact) mass is 626 g/mol. The first-order valence-electron chi connectivity index (χ1n) is 10.6. The lowest BCUT2D eigenvalue weighted by atomic mass is 10.1. The van der Waals surface area contributed by atoms with Crippen molar-refractivity contribution in [2.45, 2.75) is 12.7 Å². The number of hydrogen-bond acceptors (Lipinski definition) is 4. The van der Waals surface area contributed by atoms with Gasteiger partial charge in [0.25, 0.3) is 0 Å². The molecule has 1 aliphatic heterocycles. The van der Waals surface area contributed by atoms with Crippen molar-refractivity contribution in [3.63, 3.8) is 0 Å². The van der Waals surface area contributed by atoms with Crippen LogP contribution in [0.2, 0.25) is 15.1 Å². The fraction of sp³-hybridized carbons (Fsp3) is 0.192. The van der Waals surface area contributed by atoms with Crippen LogP contribution in [0.3, 0.4) is 0 Å². The molecule has 0 bridgehead atoms. The summed E-state index contributed by atoms with van der Waals surface area (Å²) in [6, 6.07) is 20.7. The zero-order valence-electron chi connectivity index (χ0n) is 18.1. The number of rotatable bonds is 9. The lowest BCUT2D eigenvalue weighted by Crippen LogP contribution is -2.32. The standard InChI is InChI=1S/C26H22Cl3IN2O2/c27-21-6-1-19(2-7-21)26(34-16-20-3-8-22(28)13-24(20)29)15-32-12-11-31(17-32)14-25(33)18-4-9-23(30)10-5-18/h1-13,26H,14-17H2. The highest BCUT2D eigenvalue weighted by molar-refractivity contribution is 14.1. The fourth-order valence-corrected chi connectivity index (χ4v) is 4.57. The van der Waals surface area contributed by atoms with Crippen LogP contribution in [0.25, 0.3) is 0 Å². The number of Topliss-reactive ketones (excluding diaryl/α,β-unsaturated/α-hetero) is 1. The SMILES string of the molecule is O=C(CN1C=CN(CC(OCc2ccc(Cl)cc2Cl)c2ccc(Cl)cc2)C1)c1ccc(I)cc1. The van der Waals surface area contributed by atoms with Crippen LogP contribution >= 0.6 is 57.4 Å². The first kappa shape index (κ1) is 25.3. The highest BCUT2D eigenvalue weighted by Gasteiger charge is 2.21. The number of halogens is 4. The van der Waals surface area contributed by atoms with Crippen LogP contribution in [0.15, 0.2) is 79.1 Å². The molecule has 0 fully saturated rings. The Bertz CT molecular complexity index is 1170. The smallest absolute Gasteiger partial charge is 0.182 e. The summed E-state index contributed by atoms with van der Waals surface area (Å²) in [5.74, 6) is 0.0887. The van der Waals surface area contributed by atoms with Crippen molar-refractivity contribution < 1.29 is 9.53 Å². The third kappa shape index (κ3) is 6.89. The molecule has 8 heteroatoms. The third-order valence-electron chi connectivity index (χ3n) is 5.46. The minimum atomic E-state index is -0.222. The van der Waals surface area contributed by atoms with Gasteiger partial charge in [0.15, 0.2) is 5.78 Å². The largest absolute Gasteiger partial charge is 0.367 e. The molecule has 34 heavy (non-hydrogen) atoms. The van der Waals surface area contributed by atoms with Crippen molar-refractivity contribution in [1.29, 1.82) is 0 Å². The van der Waals surface area contributed by atoms with Crippen molar-refractivity contribution in [2.24, 2.45) is 0 Å². The summed E-state index contributed by atoms with van der Waals surface area (Å²) < 4.78 is 7.41. The molecule has 0 radical (unpaired) electrons. The number of carbonyl (C=O) groups is 1. The Hall–Kier alpha value is -1.77. The van der Waals surface area contributed by atoms with Gasteiger partial charge in [-0.05, 0) is 70.1 Å². The average Bonchev–Trinajstić information content (AvgIpc) is 3.25. The third-order valence-corrected chi connectivity index (χ3v) is 7.02. The number of ketones is 1. The van der Waals surface area contributed by atoms with Gasteiger partial charge in [0, 0.05) is 43.1 Å². The predicted octanol–water partition coefficient (Wildman–Crippen LogP) is 7.44. The molecule has 1 aliphatic rings. The summed E-state index contributed by atoms with van der Waals surface area (Å²) in [6.45, 7) is 1.87. The molecule has 0 spiro atoms. The molecule has 1 heterocycles. The fourth-order valence-electron chi connectivity index (χ4n) is 3.62. The van der Waals surface area contributed by atoms with Gasteiger partial charge >= 0.3 is 0 Å². The number of carbonyl (C=O) groups excluding carboxylic acids is 1. The van der Waals surface area contributed by atoms with Crippen LogP contribution in [0.1, 0.15) is 27.6 Å². The minimum Gasteiger partial charge on any atom is -0.367 e. The van der Waals surface area contributed by atoms with Crippen molar-refractivity contribution in [3.8, 4) is 0 Å². The van der Waals surface area contributed by atoms with E-state index in [1.807, 2.05) is 71.9 Å². The topological polar surface area (TPSA) is 32.8 Å². The van der Waals surface area contributed by atoms with Gasteiger partial charge in [-0.3, -0.25) is 4.79 Å². The van der Waals surface area contributed by atoms with Crippen LogP contribution < -0.4 is 0 Å². The molecule has 4 nitrogen and oxygen atoms in total. The van der Waals surface area contributed by atoms with E-state index in [1.54, 1.807) is 12.1 Å². The highest BCUT2D eigenvalue weighted by Crippen LogP contribution is 2.27. The maximum atomic E-state index is 12.7. The minimum absolute atomic E-state index is 0.0887. The van der Waals surface area contributed by atoms with Crippen LogP contribution in [0.5, 0.6) is 0 Å². The van der Waals surface area contributed by atoms with E-state index in [4.69, 9.17) is 39.5 Å². The van der Waals surface area contributed by atoms with Gasteiger partial charge in [0.05, 0.1) is 19.8 Å². The van der Waals surface area contributed by atoms with E-state index in [1.165, 1.54) is 0 Å². The quantitative estimate of drug-likeness (QED) is 0.182. The highest BCUT2D eigenvalue weighted by atomic mass is 127. The predicted molar refractivity (Wildman–Crippen MR) is 146 cm³/mol. The number of ether oxygens (including phenoxy) is 1. The molecule has 0 aromatic heterocycles.